The summed E-state index contributed by atoms with van der Waals surface area (Å²) in [7, 11) is 0. The molecule has 2 aliphatic heterocycles. The fourth-order valence-corrected chi connectivity index (χ4v) is 3.48. The molecule has 2 aromatic rings. The van der Waals surface area contributed by atoms with Crippen molar-refractivity contribution < 1.29 is 9.18 Å². The van der Waals surface area contributed by atoms with Crippen molar-refractivity contribution in [2.24, 2.45) is 0 Å². The number of aromatic nitrogens is 2. The third-order valence-electron chi connectivity index (χ3n) is 4.71. The first-order chi connectivity index (χ1) is 11.7. The summed E-state index contributed by atoms with van der Waals surface area (Å²) in [6.07, 6.45) is 4.51. The number of nitrogens with zero attached hydrogens (tertiary/aromatic N) is 3. The molecule has 1 atom stereocenters. The Kier molecular flexibility index (Phi) is 3.98. The lowest BCUT2D eigenvalue weighted by Crippen LogP contribution is -2.32. The number of benzene rings is 1. The van der Waals surface area contributed by atoms with E-state index < -0.39 is 5.82 Å². The molecular formula is C18H19FN4O. The maximum absolute atomic E-state index is 13.4. The highest BCUT2D eigenvalue weighted by Gasteiger charge is 2.33. The van der Waals surface area contributed by atoms with Crippen molar-refractivity contribution in [2.45, 2.75) is 31.8 Å². The van der Waals surface area contributed by atoms with E-state index in [-0.39, 0.29) is 11.9 Å². The van der Waals surface area contributed by atoms with Crippen molar-refractivity contribution in [2.75, 3.05) is 13.1 Å². The number of halogens is 1. The van der Waals surface area contributed by atoms with E-state index in [1.165, 1.54) is 12.1 Å². The van der Waals surface area contributed by atoms with Gasteiger partial charge in [0.2, 0.25) is 0 Å². The maximum Gasteiger partial charge on any atom is 0.254 e. The summed E-state index contributed by atoms with van der Waals surface area (Å²) in [6.45, 7) is 2.37. The molecule has 0 saturated carbocycles. The third kappa shape index (κ3) is 2.78. The Morgan fingerprint density at radius 2 is 2.29 bits per heavy atom. The standard InChI is InChI=1S/C18H19FN4O/c19-14-4-1-3-12(9-14)18(24)23-8-2-5-16(23)17-21-11-13-10-20-7-6-15(13)22-17/h1,3-4,9,11,16,20H,2,5-8,10H2/t16-/m1/s1. The number of amides is 1. The van der Waals surface area contributed by atoms with E-state index in [1.807, 2.05) is 6.20 Å². The first kappa shape index (κ1) is 15.2. The lowest BCUT2D eigenvalue weighted by atomic mass is 10.1. The molecule has 124 valence electrons. The Bertz CT molecular complexity index is 779. The van der Waals surface area contributed by atoms with E-state index in [2.05, 4.69) is 10.3 Å². The molecule has 2 aliphatic rings. The van der Waals surface area contributed by atoms with Gasteiger partial charge in [0, 0.05) is 49.1 Å². The molecule has 5 nitrogen and oxygen atoms in total. The average molecular weight is 326 g/mol. The van der Waals surface area contributed by atoms with Crippen LogP contribution < -0.4 is 5.32 Å². The predicted octanol–water partition coefficient (Wildman–Crippen LogP) is 2.24. The van der Waals surface area contributed by atoms with Crippen LogP contribution in [-0.2, 0) is 13.0 Å². The van der Waals surface area contributed by atoms with E-state index in [9.17, 15) is 9.18 Å². The molecule has 3 heterocycles. The highest BCUT2D eigenvalue weighted by Crippen LogP contribution is 2.31. The fourth-order valence-electron chi connectivity index (χ4n) is 3.48. The lowest BCUT2D eigenvalue weighted by Gasteiger charge is -2.25. The van der Waals surface area contributed by atoms with E-state index in [1.54, 1.807) is 17.0 Å². The van der Waals surface area contributed by atoms with Gasteiger partial charge in [0.15, 0.2) is 5.82 Å². The normalized spacial score (nSPS) is 20.0. The van der Waals surface area contributed by atoms with Gasteiger partial charge in [-0.15, -0.1) is 0 Å². The van der Waals surface area contributed by atoms with Crippen molar-refractivity contribution in [1.82, 2.24) is 20.2 Å². The molecule has 0 unspecified atom stereocenters. The van der Waals surface area contributed by atoms with Gasteiger partial charge in [0.1, 0.15) is 5.82 Å². The molecule has 6 heteroatoms. The zero-order chi connectivity index (χ0) is 16.5. The number of carbonyl (C=O) groups is 1. The minimum atomic E-state index is -0.394. The zero-order valence-electron chi connectivity index (χ0n) is 13.3. The van der Waals surface area contributed by atoms with Gasteiger partial charge in [0.25, 0.3) is 5.91 Å². The average Bonchev–Trinajstić information content (AvgIpc) is 3.10. The SMILES string of the molecule is O=C(c1cccc(F)c1)N1CCC[C@@H]1c1ncc2c(n1)CCNC2. The molecule has 1 N–H and O–H groups in total. The van der Waals surface area contributed by atoms with Gasteiger partial charge in [-0.2, -0.15) is 0 Å². The molecule has 0 spiro atoms. The van der Waals surface area contributed by atoms with E-state index in [0.717, 1.165) is 43.6 Å². The maximum atomic E-state index is 13.4. The molecule has 1 aromatic carbocycles. The largest absolute Gasteiger partial charge is 0.328 e. The van der Waals surface area contributed by atoms with Gasteiger partial charge in [0.05, 0.1) is 6.04 Å². The van der Waals surface area contributed by atoms with Crippen LogP contribution in [0.1, 0.15) is 46.3 Å². The van der Waals surface area contributed by atoms with Crippen LogP contribution in [0.4, 0.5) is 4.39 Å². The first-order valence-electron chi connectivity index (χ1n) is 8.34. The quantitative estimate of drug-likeness (QED) is 0.919. The molecule has 1 saturated heterocycles. The van der Waals surface area contributed by atoms with E-state index >= 15 is 0 Å². The Morgan fingerprint density at radius 1 is 1.38 bits per heavy atom. The first-order valence-corrected chi connectivity index (χ1v) is 8.34. The van der Waals surface area contributed by atoms with Crippen LogP contribution in [-0.4, -0.2) is 33.9 Å². The number of hydrogen-bond donors (Lipinski definition) is 1. The monoisotopic (exact) mass is 326 g/mol. The van der Waals surface area contributed by atoms with Gasteiger partial charge in [-0.3, -0.25) is 4.79 Å². The van der Waals surface area contributed by atoms with Crippen molar-refractivity contribution in [3.8, 4) is 0 Å². The van der Waals surface area contributed by atoms with Crippen molar-refractivity contribution in [1.29, 1.82) is 0 Å². The summed E-state index contributed by atoms with van der Waals surface area (Å²) < 4.78 is 13.4. The van der Waals surface area contributed by atoms with Crippen LogP contribution in [0.5, 0.6) is 0 Å². The second-order valence-corrected chi connectivity index (χ2v) is 6.29. The number of hydrogen-bond acceptors (Lipinski definition) is 4. The minimum absolute atomic E-state index is 0.124. The van der Waals surface area contributed by atoms with Crippen LogP contribution in [0, 0.1) is 5.82 Å². The number of fused-ring (bicyclic) bond motifs is 1. The molecule has 0 radical (unpaired) electrons. The molecule has 4 rings (SSSR count). The topological polar surface area (TPSA) is 58.1 Å². The van der Waals surface area contributed by atoms with Crippen molar-refractivity contribution >= 4 is 5.91 Å². The summed E-state index contributed by atoms with van der Waals surface area (Å²) in [5, 5.41) is 3.30. The Balaban J connectivity index is 1.62. The van der Waals surface area contributed by atoms with Gasteiger partial charge in [-0.05, 0) is 31.0 Å². The summed E-state index contributed by atoms with van der Waals surface area (Å²) >= 11 is 0. The van der Waals surface area contributed by atoms with E-state index in [4.69, 9.17) is 4.98 Å². The Labute approximate surface area is 139 Å². The number of nitrogens with one attached hydrogen (secondary N) is 1. The van der Waals surface area contributed by atoms with Crippen LogP contribution in [0.3, 0.4) is 0 Å². The molecule has 0 bridgehead atoms. The molecule has 0 aliphatic carbocycles. The van der Waals surface area contributed by atoms with Gasteiger partial charge in [-0.25, -0.2) is 14.4 Å². The Morgan fingerprint density at radius 3 is 3.17 bits per heavy atom. The highest BCUT2D eigenvalue weighted by molar-refractivity contribution is 5.94. The summed E-state index contributed by atoms with van der Waals surface area (Å²) in [6, 6.07) is 5.73. The van der Waals surface area contributed by atoms with Crippen molar-refractivity contribution in [3.05, 3.63) is 58.9 Å². The Hall–Kier alpha value is -2.34. The second kappa shape index (κ2) is 6.28. The lowest BCUT2D eigenvalue weighted by molar-refractivity contribution is 0.0729. The second-order valence-electron chi connectivity index (χ2n) is 6.29. The molecule has 1 fully saturated rings. The van der Waals surface area contributed by atoms with Crippen LogP contribution in [0.2, 0.25) is 0 Å². The van der Waals surface area contributed by atoms with Crippen LogP contribution in [0.25, 0.3) is 0 Å². The molecular weight excluding hydrogens is 307 g/mol. The third-order valence-corrected chi connectivity index (χ3v) is 4.71. The van der Waals surface area contributed by atoms with E-state index in [0.29, 0.717) is 17.9 Å². The van der Waals surface area contributed by atoms with Gasteiger partial charge >= 0.3 is 0 Å². The molecule has 1 aromatic heterocycles. The summed E-state index contributed by atoms with van der Waals surface area (Å²) in [5.74, 6) is 0.159. The minimum Gasteiger partial charge on any atom is -0.328 e. The van der Waals surface area contributed by atoms with Crippen LogP contribution in [0.15, 0.2) is 30.5 Å². The van der Waals surface area contributed by atoms with Gasteiger partial charge < -0.3 is 10.2 Å². The van der Waals surface area contributed by atoms with Gasteiger partial charge in [-0.1, -0.05) is 6.07 Å². The predicted molar refractivity (Wildman–Crippen MR) is 86.9 cm³/mol. The number of carbonyl (C=O) groups excluding carboxylic acids is 1. The molecule has 24 heavy (non-hydrogen) atoms. The number of rotatable bonds is 2. The summed E-state index contributed by atoms with van der Waals surface area (Å²) in [4.78, 5) is 23.8. The zero-order valence-corrected chi connectivity index (χ0v) is 13.3. The highest BCUT2D eigenvalue weighted by atomic mass is 19.1. The smallest absolute Gasteiger partial charge is 0.254 e. The summed E-state index contributed by atoms with van der Waals surface area (Å²) in [5.41, 5.74) is 2.58. The van der Waals surface area contributed by atoms with Crippen LogP contribution >= 0.6 is 0 Å². The number of likely N-dealkylation sites (tertiary alicyclic amines) is 1. The molecule has 1 amide bonds. The van der Waals surface area contributed by atoms with Crippen molar-refractivity contribution in [3.63, 3.8) is 0 Å². The fraction of sp³-hybridized carbons (Fsp3) is 0.389.